The van der Waals surface area contributed by atoms with Crippen LogP contribution in [0.15, 0.2) is 12.2 Å². The fraction of sp³-hybridized carbons (Fsp3) is 0.727. The number of rotatable bonds is 8. The molecule has 0 saturated heterocycles. The molecular formula is C11H8Cl12O2. The normalized spacial score (nSPS) is 16.6. The Morgan fingerprint density at radius 3 is 1.52 bits per heavy atom. The summed E-state index contributed by atoms with van der Waals surface area (Å²) in [6.45, 7) is 4.70. The third-order valence-corrected chi connectivity index (χ3v) is 10.3. The molecule has 0 aliphatic rings. The van der Waals surface area contributed by atoms with Crippen LogP contribution in [0.4, 0.5) is 0 Å². The molecular weight excluding hydrogens is 590 g/mol. The van der Waals surface area contributed by atoms with Crippen molar-refractivity contribution in [1.29, 1.82) is 0 Å². The maximum absolute atomic E-state index is 11.6. The second-order valence-electron chi connectivity index (χ2n) is 4.63. The van der Waals surface area contributed by atoms with Gasteiger partial charge in [0, 0.05) is 5.57 Å². The van der Waals surface area contributed by atoms with Crippen LogP contribution in [0.5, 0.6) is 0 Å². The predicted molar refractivity (Wildman–Crippen MR) is 113 cm³/mol. The lowest BCUT2D eigenvalue weighted by atomic mass is 10.1. The van der Waals surface area contributed by atoms with E-state index in [4.69, 9.17) is 144 Å². The van der Waals surface area contributed by atoms with Gasteiger partial charge in [-0.15, -0.1) is 34.8 Å². The van der Waals surface area contributed by atoms with Gasteiger partial charge in [0.25, 0.3) is 0 Å². The number of alkyl halides is 12. The average Bonchev–Trinajstić information content (AvgIpc) is 2.44. The first-order chi connectivity index (χ1) is 10.9. The van der Waals surface area contributed by atoms with Crippen molar-refractivity contribution < 1.29 is 9.53 Å². The first kappa shape index (κ1) is 27.7. The summed E-state index contributed by atoms with van der Waals surface area (Å²) in [7, 11) is 0. The van der Waals surface area contributed by atoms with Crippen LogP contribution in [0.3, 0.4) is 0 Å². The van der Waals surface area contributed by atoms with E-state index < -0.39 is 39.1 Å². The Balaban J connectivity index is 5.91. The summed E-state index contributed by atoms with van der Waals surface area (Å²) in [4.78, 5) is 10.2. The fourth-order valence-electron chi connectivity index (χ4n) is 1.16. The van der Waals surface area contributed by atoms with E-state index in [0.717, 1.165) is 0 Å². The van der Waals surface area contributed by atoms with Crippen LogP contribution in [0.2, 0.25) is 0 Å². The van der Waals surface area contributed by atoms with Gasteiger partial charge >= 0.3 is 5.97 Å². The number of halogens is 12. The summed E-state index contributed by atoms with van der Waals surface area (Å²) in [6, 6.07) is 0. The summed E-state index contributed by atoms with van der Waals surface area (Å²) in [5.74, 6) is -0.940. The van der Waals surface area contributed by atoms with Gasteiger partial charge in [-0.2, -0.15) is 0 Å². The highest BCUT2D eigenvalue weighted by Crippen LogP contribution is 2.64. The maximum Gasteiger partial charge on any atom is 0.334 e. The minimum absolute atomic E-state index is 0.00971. The van der Waals surface area contributed by atoms with E-state index in [1.165, 1.54) is 6.92 Å². The van der Waals surface area contributed by atoms with Gasteiger partial charge in [0.15, 0.2) is 13.0 Å². The number of hydrogen-bond donors (Lipinski definition) is 0. The molecule has 2 nitrogen and oxygen atoms in total. The van der Waals surface area contributed by atoms with Crippen molar-refractivity contribution in [2.45, 2.75) is 40.0 Å². The summed E-state index contributed by atoms with van der Waals surface area (Å²) < 4.78 is -5.42. The Morgan fingerprint density at radius 1 is 0.840 bits per heavy atom. The van der Waals surface area contributed by atoms with Crippen molar-refractivity contribution in [2.75, 3.05) is 0 Å². The molecule has 0 rings (SSSR count). The molecule has 0 fully saturated rings. The highest BCUT2D eigenvalue weighted by atomic mass is 35.6. The molecule has 0 aliphatic heterocycles. The van der Waals surface area contributed by atoms with Gasteiger partial charge in [0.05, 0.1) is 5.38 Å². The molecule has 0 aromatic rings. The SMILES string of the molecule is C=C(C)C(=O)OC(Cl)C(Cl)(Cl)C(Cl)(Cl)C(Cl)(Cl)C(Cl)(Cl)C(Cl)C(Cl)Cl. The topological polar surface area (TPSA) is 26.3 Å². The highest BCUT2D eigenvalue weighted by molar-refractivity contribution is 6.75. The zero-order chi connectivity index (χ0) is 20.6. The van der Waals surface area contributed by atoms with Crippen LogP contribution in [0, 0.1) is 0 Å². The fourth-order valence-corrected chi connectivity index (χ4v) is 4.75. The summed E-state index contributed by atoms with van der Waals surface area (Å²) in [5, 5.41) is -1.48. The van der Waals surface area contributed by atoms with Gasteiger partial charge in [-0.05, 0) is 6.92 Å². The number of carbonyl (C=O) groups is 1. The van der Waals surface area contributed by atoms with Gasteiger partial charge < -0.3 is 4.74 Å². The summed E-state index contributed by atoms with van der Waals surface area (Å²) >= 11 is 71.9. The Morgan fingerprint density at radius 2 is 1.20 bits per heavy atom. The third-order valence-electron chi connectivity index (χ3n) is 2.64. The molecule has 0 aromatic heterocycles. The molecule has 148 valence electrons. The molecule has 25 heavy (non-hydrogen) atoms. The molecule has 14 heteroatoms. The minimum atomic E-state index is -2.66. The molecule has 0 amide bonds. The zero-order valence-electron chi connectivity index (χ0n) is 11.8. The monoisotopic (exact) mass is 592 g/mol. The second-order valence-corrected chi connectivity index (χ2v) is 12.1. The molecule has 2 unspecified atom stereocenters. The molecule has 0 heterocycles. The number of ether oxygens (including phenoxy) is 1. The lowest BCUT2D eigenvalue weighted by Crippen LogP contribution is -2.63. The molecule has 0 spiro atoms. The van der Waals surface area contributed by atoms with Crippen molar-refractivity contribution in [3.05, 3.63) is 12.2 Å². The second kappa shape index (κ2) is 9.67. The minimum Gasteiger partial charge on any atom is -0.439 e. The van der Waals surface area contributed by atoms with Crippen LogP contribution >= 0.6 is 139 Å². The number of carbonyl (C=O) groups excluding carboxylic acids is 1. The first-order valence-electron chi connectivity index (χ1n) is 5.79. The van der Waals surface area contributed by atoms with E-state index in [0.29, 0.717) is 0 Å². The number of hydrogen-bond acceptors (Lipinski definition) is 2. The zero-order valence-corrected chi connectivity index (χ0v) is 20.9. The highest BCUT2D eigenvalue weighted by Gasteiger charge is 2.72. The van der Waals surface area contributed by atoms with Gasteiger partial charge in [0.1, 0.15) is 4.84 Å². The van der Waals surface area contributed by atoms with Crippen molar-refractivity contribution in [3.63, 3.8) is 0 Å². The van der Waals surface area contributed by atoms with Crippen molar-refractivity contribution >= 4 is 145 Å². The molecule has 0 radical (unpaired) electrons. The molecule has 0 aliphatic carbocycles. The van der Waals surface area contributed by atoms with E-state index in [2.05, 4.69) is 6.58 Å². The van der Waals surface area contributed by atoms with Gasteiger partial charge in [-0.3, -0.25) is 0 Å². The van der Waals surface area contributed by atoms with Crippen molar-refractivity contribution in [2.24, 2.45) is 0 Å². The molecule has 0 bridgehead atoms. The van der Waals surface area contributed by atoms with Crippen LogP contribution in [-0.4, -0.2) is 39.1 Å². The van der Waals surface area contributed by atoms with Crippen molar-refractivity contribution in [1.82, 2.24) is 0 Å². The van der Waals surface area contributed by atoms with Crippen LogP contribution in [0.1, 0.15) is 6.92 Å². The Bertz CT molecular complexity index is 515. The van der Waals surface area contributed by atoms with Gasteiger partial charge in [-0.1, -0.05) is 111 Å². The molecule has 0 aromatic carbocycles. The lowest BCUT2D eigenvalue weighted by Gasteiger charge is -2.48. The Hall–Kier alpha value is 2.69. The van der Waals surface area contributed by atoms with Crippen LogP contribution < -0.4 is 0 Å². The largest absolute Gasteiger partial charge is 0.439 e. The van der Waals surface area contributed by atoms with Gasteiger partial charge in [0.2, 0.25) is 9.90 Å². The average molecular weight is 598 g/mol. The standard InChI is InChI=1S/C11H8Cl12O2/c1-3(2)6(24)25-7(15)9(18,19)11(22,23)10(20,21)8(16,17)4(12)5(13)14/h4-5,7H,1H2,2H3. The van der Waals surface area contributed by atoms with Crippen molar-refractivity contribution in [3.8, 4) is 0 Å². The lowest BCUT2D eigenvalue weighted by molar-refractivity contribution is -0.141. The Kier molecular flexibility index (Phi) is 10.7. The summed E-state index contributed by atoms with van der Waals surface area (Å²) in [6.07, 6.45) is 0. The van der Waals surface area contributed by atoms with E-state index in [9.17, 15) is 4.79 Å². The maximum atomic E-state index is 11.6. The predicted octanol–water partition coefficient (Wildman–Crippen LogP) is 7.78. The van der Waals surface area contributed by atoms with Gasteiger partial charge in [-0.25, -0.2) is 4.79 Å². The van der Waals surface area contributed by atoms with Crippen LogP contribution in [0.25, 0.3) is 0 Å². The van der Waals surface area contributed by atoms with E-state index in [-0.39, 0.29) is 5.57 Å². The van der Waals surface area contributed by atoms with Crippen LogP contribution in [-0.2, 0) is 9.53 Å². The third kappa shape index (κ3) is 5.64. The van der Waals surface area contributed by atoms with E-state index in [1.807, 2.05) is 0 Å². The quantitative estimate of drug-likeness (QED) is 0.162. The molecule has 2 atom stereocenters. The van der Waals surface area contributed by atoms with E-state index in [1.54, 1.807) is 0 Å². The first-order valence-corrected chi connectivity index (χ1v) is 10.6. The molecule has 0 saturated carbocycles. The molecule has 0 N–H and O–H groups in total. The number of esters is 1. The summed E-state index contributed by atoms with van der Waals surface area (Å²) in [5.41, 5.74) is -1.86. The Labute approximate surface area is 205 Å². The van der Waals surface area contributed by atoms with E-state index >= 15 is 0 Å². The smallest absolute Gasteiger partial charge is 0.334 e.